The molecule has 2 aromatic rings. The van der Waals surface area contributed by atoms with Crippen LogP contribution < -0.4 is 15.4 Å². The van der Waals surface area contributed by atoms with Crippen LogP contribution in [-0.4, -0.2) is 31.6 Å². The van der Waals surface area contributed by atoms with E-state index in [1.54, 1.807) is 24.3 Å². The van der Waals surface area contributed by atoms with E-state index < -0.39 is 24.5 Å². The minimum atomic E-state index is -0.760. The van der Waals surface area contributed by atoms with Gasteiger partial charge in [-0.25, -0.2) is 9.59 Å². The summed E-state index contributed by atoms with van der Waals surface area (Å²) in [7, 11) is 1.47. The predicted octanol–water partition coefficient (Wildman–Crippen LogP) is 2.23. The molecule has 132 valence electrons. The lowest BCUT2D eigenvalue weighted by atomic mass is 10.2. The maximum Gasteiger partial charge on any atom is 0.339 e. The number of esters is 1. The summed E-state index contributed by atoms with van der Waals surface area (Å²) in [5, 5.41) is 4.47. The Hall–Kier alpha value is -2.81. The number of amides is 3. The van der Waals surface area contributed by atoms with Crippen LogP contribution in [0, 0.1) is 0 Å². The molecule has 0 aliphatic heterocycles. The van der Waals surface area contributed by atoms with Gasteiger partial charge in [-0.3, -0.25) is 10.1 Å². The van der Waals surface area contributed by atoms with Crippen molar-refractivity contribution in [3.05, 3.63) is 52.4 Å². The van der Waals surface area contributed by atoms with Gasteiger partial charge in [0.05, 0.1) is 25.5 Å². The first kappa shape index (κ1) is 18.5. The zero-order valence-electron chi connectivity index (χ0n) is 13.2. The molecule has 0 saturated heterocycles. The van der Waals surface area contributed by atoms with Gasteiger partial charge in [-0.1, -0.05) is 0 Å². The molecule has 2 N–H and O–H groups in total. The standard InChI is InChI=1S/C16H15BrN2O6/c1-23-10-4-5-13(17)12(7-10)15(21)25-9-14(20)19-16(22)18-8-11-3-2-6-24-11/h2-7H,8-9H2,1H3,(H2,18,19,20,22). The van der Waals surface area contributed by atoms with Gasteiger partial charge >= 0.3 is 12.0 Å². The number of carbonyl (C=O) groups is 3. The molecule has 0 radical (unpaired) electrons. The number of rotatable bonds is 6. The number of furan rings is 1. The number of carbonyl (C=O) groups excluding carboxylic acids is 3. The second-order valence-electron chi connectivity index (χ2n) is 4.73. The highest BCUT2D eigenvalue weighted by Gasteiger charge is 2.16. The molecular formula is C16H15BrN2O6. The van der Waals surface area contributed by atoms with E-state index in [4.69, 9.17) is 13.9 Å². The van der Waals surface area contributed by atoms with Crippen molar-refractivity contribution in [2.45, 2.75) is 6.54 Å². The molecule has 2 rings (SSSR count). The van der Waals surface area contributed by atoms with Gasteiger partial charge in [-0.2, -0.15) is 0 Å². The Kier molecular flexibility index (Phi) is 6.58. The Morgan fingerprint density at radius 3 is 2.72 bits per heavy atom. The summed E-state index contributed by atoms with van der Waals surface area (Å²) in [6.45, 7) is -0.473. The first-order valence-electron chi connectivity index (χ1n) is 7.10. The van der Waals surface area contributed by atoms with Gasteiger partial charge in [-0.05, 0) is 46.3 Å². The highest BCUT2D eigenvalue weighted by atomic mass is 79.9. The number of benzene rings is 1. The molecule has 0 spiro atoms. The van der Waals surface area contributed by atoms with Crippen molar-refractivity contribution >= 4 is 33.8 Å². The molecule has 9 heteroatoms. The topological polar surface area (TPSA) is 107 Å². The van der Waals surface area contributed by atoms with Gasteiger partial charge in [0.15, 0.2) is 6.61 Å². The molecule has 3 amide bonds. The van der Waals surface area contributed by atoms with Crippen molar-refractivity contribution in [3.63, 3.8) is 0 Å². The van der Waals surface area contributed by atoms with Crippen LogP contribution in [0.3, 0.4) is 0 Å². The van der Waals surface area contributed by atoms with Gasteiger partial charge in [0, 0.05) is 4.47 Å². The largest absolute Gasteiger partial charge is 0.497 e. The van der Waals surface area contributed by atoms with Crippen LogP contribution in [0.15, 0.2) is 45.5 Å². The van der Waals surface area contributed by atoms with Crippen molar-refractivity contribution in [2.75, 3.05) is 13.7 Å². The van der Waals surface area contributed by atoms with E-state index >= 15 is 0 Å². The smallest absolute Gasteiger partial charge is 0.339 e. The molecule has 0 saturated carbocycles. The zero-order valence-corrected chi connectivity index (χ0v) is 14.8. The third kappa shape index (κ3) is 5.64. The van der Waals surface area contributed by atoms with Crippen LogP contribution in [0.5, 0.6) is 5.75 Å². The number of methoxy groups -OCH3 is 1. The van der Waals surface area contributed by atoms with Crippen molar-refractivity contribution < 1.29 is 28.3 Å². The first-order chi connectivity index (χ1) is 12.0. The van der Waals surface area contributed by atoms with Crippen LogP contribution in [0.1, 0.15) is 16.1 Å². The number of hydrogen-bond acceptors (Lipinski definition) is 6. The second-order valence-corrected chi connectivity index (χ2v) is 5.59. The molecule has 0 aliphatic carbocycles. The van der Waals surface area contributed by atoms with E-state index in [2.05, 4.69) is 21.2 Å². The van der Waals surface area contributed by atoms with Gasteiger partial charge in [0.2, 0.25) is 0 Å². The maximum absolute atomic E-state index is 12.0. The van der Waals surface area contributed by atoms with Gasteiger partial charge < -0.3 is 19.2 Å². The lowest BCUT2D eigenvalue weighted by molar-refractivity contribution is -0.123. The molecule has 8 nitrogen and oxygen atoms in total. The molecule has 0 aliphatic rings. The Balaban J connectivity index is 1.79. The summed E-state index contributed by atoms with van der Waals surface area (Å²) in [5.41, 5.74) is 0.203. The fraction of sp³-hybridized carbons (Fsp3) is 0.188. The van der Waals surface area contributed by atoms with Crippen molar-refractivity contribution in [3.8, 4) is 5.75 Å². The van der Waals surface area contributed by atoms with Crippen molar-refractivity contribution in [1.29, 1.82) is 0 Å². The molecule has 25 heavy (non-hydrogen) atoms. The molecule has 0 atom stereocenters. The van der Waals surface area contributed by atoms with Crippen LogP contribution in [-0.2, 0) is 16.1 Å². The Morgan fingerprint density at radius 1 is 1.24 bits per heavy atom. The Bertz CT molecular complexity index is 760. The number of ether oxygens (including phenoxy) is 2. The molecule has 1 aromatic heterocycles. The van der Waals surface area contributed by atoms with Gasteiger partial charge in [0.25, 0.3) is 5.91 Å². The monoisotopic (exact) mass is 410 g/mol. The fourth-order valence-corrected chi connectivity index (χ4v) is 2.19. The van der Waals surface area contributed by atoms with Crippen molar-refractivity contribution in [1.82, 2.24) is 10.6 Å². The SMILES string of the molecule is COc1ccc(Br)c(C(=O)OCC(=O)NC(=O)NCc2ccco2)c1. The van der Waals surface area contributed by atoms with E-state index in [-0.39, 0.29) is 12.1 Å². The first-order valence-corrected chi connectivity index (χ1v) is 7.89. The number of imide groups is 1. The minimum Gasteiger partial charge on any atom is -0.497 e. The quantitative estimate of drug-likeness (QED) is 0.707. The lowest BCUT2D eigenvalue weighted by Gasteiger charge is -2.08. The average Bonchev–Trinajstić information content (AvgIpc) is 3.12. The molecular weight excluding hydrogens is 396 g/mol. The van der Waals surface area contributed by atoms with E-state index in [1.807, 2.05) is 5.32 Å². The molecule has 0 bridgehead atoms. The summed E-state index contributed by atoms with van der Waals surface area (Å²) < 4.78 is 15.4. The number of nitrogens with one attached hydrogen (secondary N) is 2. The summed E-state index contributed by atoms with van der Waals surface area (Å²) in [6, 6.07) is 7.39. The minimum absolute atomic E-state index is 0.128. The zero-order chi connectivity index (χ0) is 18.2. The van der Waals surface area contributed by atoms with E-state index in [0.717, 1.165) is 0 Å². The van der Waals surface area contributed by atoms with Crippen LogP contribution in [0.2, 0.25) is 0 Å². The molecule has 0 fully saturated rings. The second kappa shape index (κ2) is 8.88. The Morgan fingerprint density at radius 2 is 2.04 bits per heavy atom. The van der Waals surface area contributed by atoms with Crippen molar-refractivity contribution in [2.24, 2.45) is 0 Å². The summed E-state index contributed by atoms with van der Waals surface area (Å²) in [6.07, 6.45) is 1.47. The fourth-order valence-electron chi connectivity index (χ4n) is 1.78. The Labute approximate surface area is 151 Å². The lowest BCUT2D eigenvalue weighted by Crippen LogP contribution is -2.41. The molecule has 1 aromatic carbocycles. The highest BCUT2D eigenvalue weighted by Crippen LogP contribution is 2.23. The van der Waals surface area contributed by atoms with E-state index in [9.17, 15) is 14.4 Å². The van der Waals surface area contributed by atoms with Gasteiger partial charge in [-0.15, -0.1) is 0 Å². The summed E-state index contributed by atoms with van der Waals surface area (Å²) >= 11 is 3.22. The average molecular weight is 411 g/mol. The van der Waals surface area contributed by atoms with E-state index in [1.165, 1.54) is 19.4 Å². The van der Waals surface area contributed by atoms with Crippen LogP contribution >= 0.6 is 15.9 Å². The molecule has 0 unspecified atom stereocenters. The third-order valence-corrected chi connectivity index (χ3v) is 3.68. The summed E-state index contributed by atoms with van der Waals surface area (Å²) in [5.74, 6) is -0.477. The van der Waals surface area contributed by atoms with Crippen LogP contribution in [0.4, 0.5) is 4.79 Å². The predicted molar refractivity (Wildman–Crippen MR) is 90.1 cm³/mol. The number of urea groups is 1. The van der Waals surface area contributed by atoms with Crippen LogP contribution in [0.25, 0.3) is 0 Å². The molecule has 1 heterocycles. The highest BCUT2D eigenvalue weighted by molar-refractivity contribution is 9.10. The number of halogens is 1. The maximum atomic E-state index is 12.0. The van der Waals surface area contributed by atoms with Gasteiger partial charge in [0.1, 0.15) is 11.5 Å². The van der Waals surface area contributed by atoms with E-state index in [0.29, 0.717) is 16.0 Å². The third-order valence-electron chi connectivity index (χ3n) is 2.98. The summed E-state index contributed by atoms with van der Waals surface area (Å²) in [4.78, 5) is 35.2. The number of hydrogen-bond donors (Lipinski definition) is 2. The normalized spacial score (nSPS) is 10.0.